The minimum absolute atomic E-state index is 0.0897. The summed E-state index contributed by atoms with van der Waals surface area (Å²) in [4.78, 5) is 3.59. The van der Waals surface area contributed by atoms with Crippen LogP contribution in [0.5, 0.6) is 0 Å². The number of hydrogen-bond donors (Lipinski definition) is 1. The quantitative estimate of drug-likeness (QED) is 0.744. The van der Waals surface area contributed by atoms with Crippen molar-refractivity contribution in [2.75, 3.05) is 4.72 Å². The van der Waals surface area contributed by atoms with Crippen molar-refractivity contribution in [1.82, 2.24) is 4.98 Å². The molecular formula is C11H6BrCl3N2O2S. The van der Waals surface area contributed by atoms with Gasteiger partial charge in [-0.05, 0) is 34.1 Å². The summed E-state index contributed by atoms with van der Waals surface area (Å²) in [6, 6.07) is 5.98. The second kappa shape index (κ2) is 6.07. The molecule has 1 aromatic heterocycles. The van der Waals surface area contributed by atoms with Crippen LogP contribution in [0, 0.1) is 0 Å². The summed E-state index contributed by atoms with van der Waals surface area (Å²) < 4.78 is 27.4. The highest BCUT2D eigenvalue weighted by Crippen LogP contribution is 2.33. The molecule has 9 heteroatoms. The van der Waals surface area contributed by atoms with Crippen LogP contribution in [-0.4, -0.2) is 13.4 Å². The van der Waals surface area contributed by atoms with Crippen molar-refractivity contribution in [2.24, 2.45) is 0 Å². The predicted octanol–water partition coefficient (Wildman–Crippen LogP) is 4.61. The third-order valence-electron chi connectivity index (χ3n) is 2.26. The molecule has 0 bridgehead atoms. The number of sulfonamides is 1. The van der Waals surface area contributed by atoms with Crippen molar-refractivity contribution in [3.05, 3.63) is 50.1 Å². The summed E-state index contributed by atoms with van der Waals surface area (Å²) in [5.41, 5.74) is 0.0897. The molecule has 106 valence electrons. The van der Waals surface area contributed by atoms with Gasteiger partial charge in [-0.3, -0.25) is 4.72 Å². The lowest BCUT2D eigenvalue weighted by molar-refractivity contribution is 0.601. The van der Waals surface area contributed by atoms with Gasteiger partial charge < -0.3 is 0 Å². The zero-order chi connectivity index (χ0) is 14.9. The van der Waals surface area contributed by atoms with Gasteiger partial charge in [-0.2, -0.15) is 0 Å². The second-order valence-electron chi connectivity index (χ2n) is 3.64. The Bertz CT molecular complexity index is 748. The molecule has 0 aliphatic heterocycles. The Labute approximate surface area is 139 Å². The van der Waals surface area contributed by atoms with Crippen LogP contribution in [0.4, 0.5) is 5.69 Å². The van der Waals surface area contributed by atoms with Gasteiger partial charge in [0.05, 0.1) is 15.7 Å². The SMILES string of the molecule is O=S(=O)(Nc1c(Cl)cccc1Cl)c1cc(Br)cnc1Cl. The zero-order valence-electron chi connectivity index (χ0n) is 9.57. The Morgan fingerprint density at radius 1 is 1.15 bits per heavy atom. The number of nitrogens with one attached hydrogen (secondary N) is 1. The number of benzene rings is 1. The number of rotatable bonds is 3. The highest BCUT2D eigenvalue weighted by Gasteiger charge is 2.21. The summed E-state index contributed by atoms with van der Waals surface area (Å²) in [5, 5.41) is 0.212. The van der Waals surface area contributed by atoms with E-state index in [0.29, 0.717) is 4.47 Å². The molecule has 0 atom stereocenters. The molecule has 0 fully saturated rings. The molecule has 0 radical (unpaired) electrons. The van der Waals surface area contributed by atoms with Crippen LogP contribution in [0.3, 0.4) is 0 Å². The fourth-order valence-corrected chi connectivity index (χ4v) is 4.03. The van der Waals surface area contributed by atoms with Gasteiger partial charge in [-0.1, -0.05) is 40.9 Å². The number of hydrogen-bond acceptors (Lipinski definition) is 3. The predicted molar refractivity (Wildman–Crippen MR) is 84.2 cm³/mol. The Balaban J connectivity index is 2.49. The minimum atomic E-state index is -3.95. The van der Waals surface area contributed by atoms with Crippen molar-refractivity contribution in [3.8, 4) is 0 Å². The summed E-state index contributed by atoms with van der Waals surface area (Å²) in [6.45, 7) is 0. The van der Waals surface area contributed by atoms with E-state index < -0.39 is 10.0 Å². The molecular weight excluding hydrogens is 410 g/mol. The Hall–Kier alpha value is -0.530. The van der Waals surface area contributed by atoms with Crippen LogP contribution in [0.1, 0.15) is 0 Å². The maximum Gasteiger partial charge on any atom is 0.265 e. The fraction of sp³-hybridized carbons (Fsp3) is 0. The first-order chi connectivity index (χ1) is 9.31. The molecule has 0 unspecified atom stereocenters. The molecule has 0 saturated carbocycles. The molecule has 0 amide bonds. The molecule has 2 rings (SSSR count). The lowest BCUT2D eigenvalue weighted by atomic mass is 10.3. The Morgan fingerprint density at radius 2 is 1.75 bits per heavy atom. The highest BCUT2D eigenvalue weighted by atomic mass is 79.9. The van der Waals surface area contributed by atoms with Gasteiger partial charge in [0.2, 0.25) is 0 Å². The topological polar surface area (TPSA) is 59.1 Å². The number of aromatic nitrogens is 1. The molecule has 0 aliphatic carbocycles. The zero-order valence-corrected chi connectivity index (χ0v) is 14.2. The first-order valence-corrected chi connectivity index (χ1v) is 8.50. The van der Waals surface area contributed by atoms with Gasteiger partial charge in [0.25, 0.3) is 10.0 Å². The van der Waals surface area contributed by atoms with Crippen LogP contribution < -0.4 is 4.72 Å². The van der Waals surface area contributed by atoms with Crippen molar-refractivity contribution in [1.29, 1.82) is 0 Å². The van der Waals surface area contributed by atoms with Gasteiger partial charge in [0, 0.05) is 10.7 Å². The van der Waals surface area contributed by atoms with E-state index in [9.17, 15) is 8.42 Å². The summed E-state index contributed by atoms with van der Waals surface area (Å²) >= 11 is 20.8. The van der Waals surface area contributed by atoms with E-state index in [-0.39, 0.29) is 25.8 Å². The van der Waals surface area contributed by atoms with Gasteiger partial charge in [-0.15, -0.1) is 0 Å². The van der Waals surface area contributed by atoms with E-state index in [4.69, 9.17) is 34.8 Å². The maximum absolute atomic E-state index is 12.3. The van der Waals surface area contributed by atoms with Crippen LogP contribution in [-0.2, 0) is 10.0 Å². The van der Waals surface area contributed by atoms with E-state index in [0.717, 1.165) is 0 Å². The molecule has 1 N–H and O–H groups in total. The van der Waals surface area contributed by atoms with E-state index in [1.165, 1.54) is 24.4 Å². The van der Waals surface area contributed by atoms with Crippen molar-refractivity contribution >= 4 is 66.4 Å². The molecule has 1 aromatic carbocycles. The number of nitrogens with zero attached hydrogens (tertiary/aromatic N) is 1. The summed E-state index contributed by atoms with van der Waals surface area (Å²) in [5.74, 6) is 0. The normalized spacial score (nSPS) is 11.4. The lowest BCUT2D eigenvalue weighted by Crippen LogP contribution is -2.14. The molecule has 20 heavy (non-hydrogen) atoms. The average molecular weight is 417 g/mol. The largest absolute Gasteiger partial charge is 0.276 e. The third kappa shape index (κ3) is 3.38. The summed E-state index contributed by atoms with van der Waals surface area (Å²) in [7, 11) is -3.95. The number of halogens is 4. The minimum Gasteiger partial charge on any atom is -0.276 e. The van der Waals surface area contributed by atoms with Gasteiger partial charge in [-0.25, -0.2) is 13.4 Å². The first kappa shape index (κ1) is 15.9. The molecule has 1 heterocycles. The van der Waals surface area contributed by atoms with E-state index in [2.05, 4.69) is 25.6 Å². The third-order valence-corrected chi connectivity index (χ3v) is 5.10. The van der Waals surface area contributed by atoms with Crippen molar-refractivity contribution in [3.63, 3.8) is 0 Å². The average Bonchev–Trinajstić information content (AvgIpc) is 2.37. The lowest BCUT2D eigenvalue weighted by Gasteiger charge is -2.12. The number of para-hydroxylation sites is 1. The molecule has 0 spiro atoms. The van der Waals surface area contributed by atoms with Gasteiger partial charge >= 0.3 is 0 Å². The fourth-order valence-electron chi connectivity index (χ4n) is 1.38. The number of anilines is 1. The van der Waals surface area contributed by atoms with Crippen molar-refractivity contribution in [2.45, 2.75) is 4.90 Å². The Kier molecular flexibility index (Phi) is 4.81. The van der Waals surface area contributed by atoms with E-state index >= 15 is 0 Å². The van der Waals surface area contributed by atoms with Crippen molar-refractivity contribution < 1.29 is 8.42 Å². The summed E-state index contributed by atoms with van der Waals surface area (Å²) in [6.07, 6.45) is 1.39. The standard InChI is InChI=1S/C11H6BrCl3N2O2S/c12-6-4-9(11(15)16-5-6)20(18,19)17-10-7(13)2-1-3-8(10)14/h1-5,17H. The maximum atomic E-state index is 12.3. The molecule has 0 saturated heterocycles. The van der Waals surface area contributed by atoms with Crippen LogP contribution >= 0.6 is 50.7 Å². The van der Waals surface area contributed by atoms with E-state index in [1.807, 2.05) is 0 Å². The Morgan fingerprint density at radius 3 is 2.35 bits per heavy atom. The molecule has 0 aliphatic rings. The first-order valence-electron chi connectivity index (χ1n) is 5.09. The highest BCUT2D eigenvalue weighted by molar-refractivity contribution is 9.10. The number of pyridine rings is 1. The molecule has 2 aromatic rings. The monoisotopic (exact) mass is 414 g/mol. The molecule has 4 nitrogen and oxygen atoms in total. The van der Waals surface area contributed by atoms with Gasteiger partial charge in [0.1, 0.15) is 10.0 Å². The van der Waals surface area contributed by atoms with Crippen LogP contribution in [0.15, 0.2) is 39.8 Å². The smallest absolute Gasteiger partial charge is 0.265 e. The van der Waals surface area contributed by atoms with E-state index in [1.54, 1.807) is 6.07 Å². The van der Waals surface area contributed by atoms with Crippen LogP contribution in [0.2, 0.25) is 15.2 Å². The van der Waals surface area contributed by atoms with Gasteiger partial charge in [0.15, 0.2) is 0 Å². The second-order valence-corrected chi connectivity index (χ2v) is 7.38. The van der Waals surface area contributed by atoms with Crippen LogP contribution in [0.25, 0.3) is 0 Å².